The third kappa shape index (κ3) is 3.45. The fourth-order valence-electron chi connectivity index (χ4n) is 3.54. The Morgan fingerprint density at radius 2 is 1.57 bits per heavy atom. The topological polar surface area (TPSA) is 72.3 Å². The highest BCUT2D eigenvalue weighted by Gasteiger charge is 2.34. The van der Waals surface area contributed by atoms with Crippen molar-refractivity contribution in [1.82, 2.24) is 14.7 Å². The van der Waals surface area contributed by atoms with E-state index < -0.39 is 0 Å². The molecule has 1 aliphatic carbocycles. The lowest BCUT2D eigenvalue weighted by Gasteiger charge is -2.14. The highest BCUT2D eigenvalue weighted by atomic mass is 16.2. The summed E-state index contributed by atoms with van der Waals surface area (Å²) < 4.78 is 1.46. The van der Waals surface area contributed by atoms with Crippen LogP contribution in [0.25, 0.3) is 5.57 Å². The predicted octanol–water partition coefficient (Wildman–Crippen LogP) is 3.05. The number of aromatic nitrogens is 2. The van der Waals surface area contributed by atoms with Crippen LogP contribution in [0.15, 0.2) is 59.4 Å². The normalized spacial score (nSPS) is 15.7. The van der Waals surface area contributed by atoms with Crippen molar-refractivity contribution in [2.24, 2.45) is 0 Å². The summed E-state index contributed by atoms with van der Waals surface area (Å²) in [6.07, 6.45) is 9.54. The number of carbonyl (C=O) groups is 2. The monoisotopic (exact) mass is 375 g/mol. The number of nitrogens with zero attached hydrogens (tertiary/aromatic N) is 3. The van der Waals surface area contributed by atoms with Crippen LogP contribution in [0, 0.1) is 0 Å². The standard InChI is InChI=1S/C22H21N3O3/c26-20-13-12-19(16-8-2-1-3-9-16)23-25(20)15-7-6-14-24-21(27)17-10-4-5-11-18(17)22(24)28/h2,4-5,8-13H,1,3,6-7,14-15H2. The molecule has 0 N–H and O–H groups in total. The molecule has 2 amide bonds. The Labute approximate surface area is 162 Å². The summed E-state index contributed by atoms with van der Waals surface area (Å²) in [4.78, 5) is 38.1. The number of amides is 2. The number of imide groups is 1. The maximum Gasteiger partial charge on any atom is 0.266 e. The van der Waals surface area contributed by atoms with E-state index in [4.69, 9.17) is 0 Å². The van der Waals surface area contributed by atoms with E-state index in [1.165, 1.54) is 15.6 Å². The zero-order valence-electron chi connectivity index (χ0n) is 15.5. The summed E-state index contributed by atoms with van der Waals surface area (Å²) in [5.41, 5.74) is 2.60. The summed E-state index contributed by atoms with van der Waals surface area (Å²) in [5, 5.41) is 4.46. The van der Waals surface area contributed by atoms with E-state index >= 15 is 0 Å². The molecule has 0 saturated carbocycles. The van der Waals surface area contributed by atoms with Gasteiger partial charge in [-0.05, 0) is 49.5 Å². The number of hydrogen-bond donors (Lipinski definition) is 0. The molecule has 6 heteroatoms. The molecule has 0 unspecified atom stereocenters. The molecule has 1 aliphatic heterocycles. The maximum atomic E-state index is 12.4. The van der Waals surface area contributed by atoms with Gasteiger partial charge in [-0.1, -0.05) is 30.4 Å². The Hall–Kier alpha value is -3.28. The first-order valence-corrected chi connectivity index (χ1v) is 9.55. The maximum absolute atomic E-state index is 12.4. The Morgan fingerprint density at radius 1 is 0.857 bits per heavy atom. The van der Waals surface area contributed by atoms with Crippen molar-refractivity contribution in [3.63, 3.8) is 0 Å². The fourth-order valence-corrected chi connectivity index (χ4v) is 3.54. The van der Waals surface area contributed by atoms with Crippen molar-refractivity contribution in [1.29, 1.82) is 0 Å². The average Bonchev–Trinajstić information content (AvgIpc) is 2.98. The van der Waals surface area contributed by atoms with Gasteiger partial charge in [0.2, 0.25) is 0 Å². The molecule has 28 heavy (non-hydrogen) atoms. The van der Waals surface area contributed by atoms with Gasteiger partial charge in [0.25, 0.3) is 17.4 Å². The van der Waals surface area contributed by atoms with Crippen LogP contribution in [0.5, 0.6) is 0 Å². The van der Waals surface area contributed by atoms with Crippen LogP contribution < -0.4 is 5.56 Å². The molecule has 1 aromatic heterocycles. The number of unbranched alkanes of at least 4 members (excludes halogenated alkanes) is 1. The minimum atomic E-state index is -0.242. The third-order valence-electron chi connectivity index (χ3n) is 5.04. The highest BCUT2D eigenvalue weighted by molar-refractivity contribution is 6.21. The van der Waals surface area contributed by atoms with Crippen LogP contribution in [0.1, 0.15) is 52.1 Å². The van der Waals surface area contributed by atoms with Crippen LogP contribution in [0.3, 0.4) is 0 Å². The number of rotatable bonds is 6. The molecule has 6 nitrogen and oxygen atoms in total. The van der Waals surface area contributed by atoms with Crippen molar-refractivity contribution < 1.29 is 9.59 Å². The first-order valence-electron chi connectivity index (χ1n) is 9.55. The second-order valence-corrected chi connectivity index (χ2v) is 6.93. The van der Waals surface area contributed by atoms with E-state index in [2.05, 4.69) is 17.3 Å². The molecule has 2 aliphatic rings. The minimum absolute atomic E-state index is 0.148. The molecule has 2 heterocycles. The van der Waals surface area contributed by atoms with Crippen molar-refractivity contribution in [2.45, 2.75) is 32.2 Å². The third-order valence-corrected chi connectivity index (χ3v) is 5.04. The lowest BCUT2D eigenvalue weighted by molar-refractivity contribution is 0.0651. The van der Waals surface area contributed by atoms with E-state index in [0.29, 0.717) is 37.1 Å². The number of aryl methyl sites for hydroxylation is 1. The number of allylic oxidation sites excluding steroid dienone is 4. The van der Waals surface area contributed by atoms with E-state index in [9.17, 15) is 14.4 Å². The molecule has 0 spiro atoms. The van der Waals surface area contributed by atoms with Crippen molar-refractivity contribution in [3.8, 4) is 0 Å². The second-order valence-electron chi connectivity index (χ2n) is 6.93. The second kappa shape index (κ2) is 7.76. The van der Waals surface area contributed by atoms with Gasteiger partial charge in [0, 0.05) is 19.2 Å². The molecule has 2 aromatic rings. The number of fused-ring (bicyclic) bond motifs is 1. The first-order chi connectivity index (χ1) is 13.6. The molecular formula is C22H21N3O3. The van der Waals surface area contributed by atoms with Gasteiger partial charge in [-0.2, -0.15) is 5.10 Å². The molecule has 1 aromatic carbocycles. The van der Waals surface area contributed by atoms with E-state index in [1.807, 2.05) is 6.08 Å². The SMILES string of the molecule is O=C1c2ccccc2C(=O)N1CCCCn1nc(C2=CCCC=C2)ccc1=O. The summed E-state index contributed by atoms with van der Waals surface area (Å²) in [6.45, 7) is 0.793. The number of benzene rings is 1. The molecule has 4 rings (SSSR count). The first kappa shape index (κ1) is 18.1. The van der Waals surface area contributed by atoms with Gasteiger partial charge in [0.1, 0.15) is 0 Å². The van der Waals surface area contributed by atoms with Crippen molar-refractivity contribution in [3.05, 3.63) is 81.8 Å². The summed E-state index contributed by atoms with van der Waals surface area (Å²) in [5.74, 6) is -0.483. The predicted molar refractivity (Wildman–Crippen MR) is 106 cm³/mol. The lowest BCUT2D eigenvalue weighted by Crippen LogP contribution is -2.31. The van der Waals surface area contributed by atoms with Gasteiger partial charge >= 0.3 is 0 Å². The Balaban J connectivity index is 1.37. The Morgan fingerprint density at radius 3 is 2.25 bits per heavy atom. The van der Waals surface area contributed by atoms with Crippen molar-refractivity contribution in [2.75, 3.05) is 6.54 Å². The number of hydrogen-bond acceptors (Lipinski definition) is 4. The van der Waals surface area contributed by atoms with E-state index in [0.717, 1.165) is 24.1 Å². The summed E-state index contributed by atoms with van der Waals surface area (Å²) >= 11 is 0. The Kier molecular flexibility index (Phi) is 5.02. The van der Waals surface area contributed by atoms with Gasteiger partial charge in [-0.15, -0.1) is 0 Å². The number of carbonyl (C=O) groups excluding carboxylic acids is 2. The molecule has 0 atom stereocenters. The minimum Gasteiger partial charge on any atom is -0.274 e. The van der Waals surface area contributed by atoms with Crippen LogP contribution >= 0.6 is 0 Å². The smallest absolute Gasteiger partial charge is 0.266 e. The molecule has 142 valence electrons. The van der Waals surface area contributed by atoms with Crippen LogP contribution in [-0.4, -0.2) is 33.0 Å². The van der Waals surface area contributed by atoms with Gasteiger partial charge in [0.05, 0.1) is 16.8 Å². The van der Waals surface area contributed by atoms with Crippen molar-refractivity contribution >= 4 is 17.4 Å². The zero-order chi connectivity index (χ0) is 19.5. The molecule has 0 fully saturated rings. The van der Waals surface area contributed by atoms with Crippen LogP contribution in [0.2, 0.25) is 0 Å². The Bertz CT molecular complexity index is 1010. The van der Waals surface area contributed by atoms with Gasteiger partial charge in [0.15, 0.2) is 0 Å². The van der Waals surface area contributed by atoms with E-state index in [-0.39, 0.29) is 17.4 Å². The quantitative estimate of drug-likeness (QED) is 0.575. The van der Waals surface area contributed by atoms with Gasteiger partial charge < -0.3 is 0 Å². The average molecular weight is 375 g/mol. The zero-order valence-corrected chi connectivity index (χ0v) is 15.5. The van der Waals surface area contributed by atoms with Crippen LogP contribution in [-0.2, 0) is 6.54 Å². The van der Waals surface area contributed by atoms with Crippen LogP contribution in [0.4, 0.5) is 0 Å². The molecule has 0 bridgehead atoms. The molecular weight excluding hydrogens is 354 g/mol. The lowest BCUT2D eigenvalue weighted by atomic mass is 10.0. The largest absolute Gasteiger partial charge is 0.274 e. The van der Waals surface area contributed by atoms with E-state index in [1.54, 1.807) is 30.3 Å². The molecule has 0 saturated heterocycles. The summed E-state index contributed by atoms with van der Waals surface area (Å²) in [7, 11) is 0. The van der Waals surface area contributed by atoms with Gasteiger partial charge in [-0.25, -0.2) is 4.68 Å². The fraction of sp³-hybridized carbons (Fsp3) is 0.273. The highest BCUT2D eigenvalue weighted by Crippen LogP contribution is 2.22. The summed E-state index contributed by atoms with van der Waals surface area (Å²) in [6, 6.07) is 10.2. The van der Waals surface area contributed by atoms with Gasteiger partial charge in [-0.3, -0.25) is 19.3 Å². The molecule has 0 radical (unpaired) electrons.